The van der Waals surface area contributed by atoms with Gasteiger partial charge < -0.3 is 14.4 Å². The summed E-state index contributed by atoms with van der Waals surface area (Å²) in [5.41, 5.74) is -0.104. The third kappa shape index (κ3) is 2.36. The van der Waals surface area contributed by atoms with E-state index in [-0.39, 0.29) is 11.5 Å². The minimum absolute atomic E-state index is 0.104. The molecular formula is C11H19NO3S. The van der Waals surface area contributed by atoms with Crippen molar-refractivity contribution in [1.29, 1.82) is 0 Å². The Morgan fingerprint density at radius 1 is 1.62 bits per heavy atom. The summed E-state index contributed by atoms with van der Waals surface area (Å²) in [4.78, 5) is 13.5. The van der Waals surface area contributed by atoms with Gasteiger partial charge in [-0.25, -0.2) is 0 Å². The van der Waals surface area contributed by atoms with E-state index in [4.69, 9.17) is 9.47 Å². The standard InChI is InChI=1S/C11H19NO3S/c1-14-9-3-4-15-11(5-9)7-12(8-11)10(13)6-16-2/h9H,3-8H2,1-2H3/t9-/m1/s1. The minimum atomic E-state index is -0.104. The topological polar surface area (TPSA) is 38.8 Å². The van der Waals surface area contributed by atoms with Crippen molar-refractivity contribution in [3.05, 3.63) is 0 Å². The molecule has 0 bridgehead atoms. The van der Waals surface area contributed by atoms with E-state index >= 15 is 0 Å². The maximum absolute atomic E-state index is 11.6. The van der Waals surface area contributed by atoms with Crippen molar-refractivity contribution in [2.24, 2.45) is 0 Å². The van der Waals surface area contributed by atoms with Gasteiger partial charge in [-0.1, -0.05) is 0 Å². The predicted molar refractivity (Wildman–Crippen MR) is 63.7 cm³/mol. The lowest BCUT2D eigenvalue weighted by molar-refractivity contribution is -0.197. The highest BCUT2D eigenvalue weighted by atomic mass is 32.2. The fourth-order valence-electron chi connectivity index (χ4n) is 2.44. The molecule has 0 N–H and O–H groups in total. The molecule has 1 amide bonds. The van der Waals surface area contributed by atoms with Crippen LogP contribution in [0, 0.1) is 0 Å². The second-order valence-corrected chi connectivity index (χ2v) is 5.43. The van der Waals surface area contributed by atoms with Crippen LogP contribution in [0.5, 0.6) is 0 Å². The molecule has 1 atom stereocenters. The summed E-state index contributed by atoms with van der Waals surface area (Å²) >= 11 is 1.57. The third-order valence-electron chi connectivity index (χ3n) is 3.36. The molecule has 2 saturated heterocycles. The van der Waals surface area contributed by atoms with Crippen molar-refractivity contribution in [1.82, 2.24) is 4.90 Å². The zero-order valence-corrected chi connectivity index (χ0v) is 10.7. The highest BCUT2D eigenvalue weighted by Gasteiger charge is 2.49. The molecule has 0 aromatic heterocycles. The first kappa shape index (κ1) is 12.2. The number of hydrogen-bond donors (Lipinski definition) is 0. The first-order valence-corrected chi connectivity index (χ1v) is 7.02. The summed E-state index contributed by atoms with van der Waals surface area (Å²) in [6.07, 6.45) is 4.14. The molecule has 4 nitrogen and oxygen atoms in total. The van der Waals surface area contributed by atoms with E-state index < -0.39 is 0 Å². The maximum Gasteiger partial charge on any atom is 0.232 e. The fourth-order valence-corrected chi connectivity index (χ4v) is 2.87. The Morgan fingerprint density at radius 3 is 3.00 bits per heavy atom. The monoisotopic (exact) mass is 245 g/mol. The maximum atomic E-state index is 11.6. The summed E-state index contributed by atoms with van der Waals surface area (Å²) in [6, 6.07) is 0. The number of carbonyl (C=O) groups excluding carboxylic acids is 1. The molecule has 5 heteroatoms. The predicted octanol–water partition coefficient (Wildman–Crippen LogP) is 0.756. The Morgan fingerprint density at radius 2 is 2.38 bits per heavy atom. The van der Waals surface area contributed by atoms with Gasteiger partial charge in [-0.3, -0.25) is 4.79 Å². The van der Waals surface area contributed by atoms with Crippen LogP contribution in [0.3, 0.4) is 0 Å². The minimum Gasteiger partial charge on any atom is -0.381 e. The molecule has 2 rings (SSSR count). The zero-order chi connectivity index (χ0) is 11.6. The number of carbonyl (C=O) groups is 1. The van der Waals surface area contributed by atoms with Crippen LogP contribution in [0.25, 0.3) is 0 Å². The van der Waals surface area contributed by atoms with E-state index in [1.165, 1.54) is 0 Å². The number of methoxy groups -OCH3 is 1. The van der Waals surface area contributed by atoms with Crippen molar-refractivity contribution in [2.75, 3.05) is 38.8 Å². The van der Waals surface area contributed by atoms with Crippen molar-refractivity contribution < 1.29 is 14.3 Å². The van der Waals surface area contributed by atoms with Crippen molar-refractivity contribution in [2.45, 2.75) is 24.5 Å². The Hall–Kier alpha value is -0.260. The van der Waals surface area contributed by atoms with Gasteiger partial charge >= 0.3 is 0 Å². The molecule has 2 aliphatic heterocycles. The molecule has 0 aromatic rings. The summed E-state index contributed by atoms with van der Waals surface area (Å²) < 4.78 is 11.2. The molecule has 0 saturated carbocycles. The van der Waals surface area contributed by atoms with Crippen LogP contribution in [0.4, 0.5) is 0 Å². The molecule has 16 heavy (non-hydrogen) atoms. The normalized spacial score (nSPS) is 27.9. The lowest BCUT2D eigenvalue weighted by atomic mass is 9.84. The van der Waals surface area contributed by atoms with Gasteiger partial charge in [0.2, 0.25) is 5.91 Å². The van der Waals surface area contributed by atoms with Crippen molar-refractivity contribution >= 4 is 17.7 Å². The number of likely N-dealkylation sites (tertiary alicyclic amines) is 1. The molecule has 92 valence electrons. The first-order valence-electron chi connectivity index (χ1n) is 5.62. The highest BCUT2D eigenvalue weighted by Crippen LogP contribution is 2.35. The number of ether oxygens (including phenoxy) is 2. The average Bonchev–Trinajstić information content (AvgIpc) is 2.26. The quantitative estimate of drug-likeness (QED) is 0.736. The Bertz CT molecular complexity index is 266. The summed E-state index contributed by atoms with van der Waals surface area (Å²) in [5, 5.41) is 0. The molecular weight excluding hydrogens is 226 g/mol. The fraction of sp³-hybridized carbons (Fsp3) is 0.909. The summed E-state index contributed by atoms with van der Waals surface area (Å²) in [5.74, 6) is 0.797. The van der Waals surface area contributed by atoms with E-state index in [2.05, 4.69) is 0 Å². The number of thioether (sulfide) groups is 1. The molecule has 1 spiro atoms. The van der Waals surface area contributed by atoms with E-state index in [9.17, 15) is 4.79 Å². The molecule has 0 radical (unpaired) electrons. The van der Waals surface area contributed by atoms with Gasteiger partial charge in [0.25, 0.3) is 0 Å². The number of rotatable bonds is 3. The van der Waals surface area contributed by atoms with E-state index in [0.29, 0.717) is 11.9 Å². The lowest BCUT2D eigenvalue weighted by Gasteiger charge is -2.52. The third-order valence-corrected chi connectivity index (χ3v) is 3.90. The van der Waals surface area contributed by atoms with Crippen LogP contribution in [-0.2, 0) is 14.3 Å². The summed E-state index contributed by atoms with van der Waals surface area (Å²) in [6.45, 7) is 2.24. The molecule has 2 aliphatic rings. The first-order chi connectivity index (χ1) is 7.69. The summed E-state index contributed by atoms with van der Waals surface area (Å²) in [7, 11) is 1.75. The van der Waals surface area contributed by atoms with Gasteiger partial charge in [0.05, 0.1) is 24.9 Å². The van der Waals surface area contributed by atoms with E-state index in [1.807, 2.05) is 11.2 Å². The van der Waals surface area contributed by atoms with Crippen LogP contribution >= 0.6 is 11.8 Å². The van der Waals surface area contributed by atoms with Gasteiger partial charge in [0.1, 0.15) is 5.60 Å². The Labute approximate surface area is 101 Å². The largest absolute Gasteiger partial charge is 0.381 e. The number of amides is 1. The van der Waals surface area contributed by atoms with Gasteiger partial charge in [-0.15, -0.1) is 0 Å². The van der Waals surface area contributed by atoms with Crippen LogP contribution < -0.4 is 0 Å². The van der Waals surface area contributed by atoms with Crippen molar-refractivity contribution in [3.8, 4) is 0 Å². The van der Waals surface area contributed by atoms with Crippen LogP contribution in [0.15, 0.2) is 0 Å². The van der Waals surface area contributed by atoms with Crippen molar-refractivity contribution in [3.63, 3.8) is 0 Å². The Kier molecular flexibility index (Phi) is 3.77. The molecule has 0 aromatic carbocycles. The molecule has 0 unspecified atom stereocenters. The zero-order valence-electron chi connectivity index (χ0n) is 9.90. The number of nitrogens with zero attached hydrogens (tertiary/aromatic N) is 1. The molecule has 2 fully saturated rings. The SMILES string of the molecule is CO[C@@H]1CCOC2(C1)CN(C(=O)CSC)C2. The van der Waals surface area contributed by atoms with Crippen LogP contribution in [-0.4, -0.2) is 61.3 Å². The molecule has 2 heterocycles. The van der Waals surface area contributed by atoms with Gasteiger partial charge in [0.15, 0.2) is 0 Å². The van der Waals surface area contributed by atoms with Crippen LogP contribution in [0.2, 0.25) is 0 Å². The average molecular weight is 245 g/mol. The second kappa shape index (κ2) is 4.94. The second-order valence-electron chi connectivity index (χ2n) is 4.56. The van der Waals surface area contributed by atoms with Gasteiger partial charge in [0, 0.05) is 20.1 Å². The van der Waals surface area contributed by atoms with Crippen LogP contribution in [0.1, 0.15) is 12.8 Å². The highest BCUT2D eigenvalue weighted by molar-refractivity contribution is 7.99. The number of hydrogen-bond acceptors (Lipinski definition) is 4. The van der Waals surface area contributed by atoms with E-state index in [1.54, 1.807) is 18.9 Å². The lowest BCUT2D eigenvalue weighted by Crippen LogP contribution is -2.67. The molecule has 0 aliphatic carbocycles. The van der Waals surface area contributed by atoms with E-state index in [0.717, 1.165) is 32.5 Å². The smallest absolute Gasteiger partial charge is 0.232 e. The van der Waals surface area contributed by atoms with Gasteiger partial charge in [-0.2, -0.15) is 11.8 Å². The van der Waals surface area contributed by atoms with Gasteiger partial charge in [-0.05, 0) is 12.7 Å². The Balaban J connectivity index is 1.83.